The standard InChI is InChI=1S/C21H25N9O12P2/c22-8-1-2-24-17-13(8)25-6-29(17)12-3-9-10(39-12)4-37-44(35,36)42-16-15(31)11(5-38-43(33,34)41-9)40-20(16)30-7-26-14-18(30)27-21(23)28-19(14)32/h1-2,6-7,9-12,15-16,20,31H,3-5H2,(H2,22,24)(H,33,34)(H,35,36)(H3,23,27,28,32)/t9?,10-,11-,12-,15?,16+,20-/m1/s1. The maximum atomic E-state index is 13.2. The minimum Gasteiger partial charge on any atom is -0.397 e. The number of phosphoric acid groups is 2. The lowest BCUT2D eigenvalue weighted by atomic mass is 10.1. The molecule has 0 aromatic carbocycles. The summed E-state index contributed by atoms with van der Waals surface area (Å²) in [6.45, 7) is -1.38. The molecule has 9 atom stereocenters. The second-order valence-electron chi connectivity index (χ2n) is 10.2. The number of nitrogens with zero attached hydrogens (tertiary/aromatic N) is 6. The van der Waals surface area contributed by atoms with E-state index in [0.717, 1.165) is 10.9 Å². The van der Waals surface area contributed by atoms with Gasteiger partial charge in [0.2, 0.25) is 5.95 Å². The molecular weight excluding hydrogens is 632 g/mol. The minimum atomic E-state index is -5.00. The molecule has 3 saturated heterocycles. The van der Waals surface area contributed by atoms with Gasteiger partial charge in [-0.2, -0.15) is 4.98 Å². The fourth-order valence-electron chi connectivity index (χ4n) is 5.34. The second-order valence-corrected chi connectivity index (χ2v) is 13.0. The van der Waals surface area contributed by atoms with Crippen LogP contribution in [0.1, 0.15) is 18.9 Å². The van der Waals surface area contributed by atoms with Crippen molar-refractivity contribution in [3.8, 4) is 0 Å². The lowest BCUT2D eigenvalue weighted by Gasteiger charge is -2.25. The average Bonchev–Trinajstić information content (AvgIpc) is 3.72. The van der Waals surface area contributed by atoms with Crippen molar-refractivity contribution in [3.05, 3.63) is 35.3 Å². The van der Waals surface area contributed by atoms with Crippen LogP contribution in [0.25, 0.3) is 22.3 Å². The molecule has 4 aromatic rings. The molecule has 23 heteroatoms. The van der Waals surface area contributed by atoms with E-state index >= 15 is 0 Å². The Hall–Kier alpha value is -3.33. The lowest BCUT2D eigenvalue weighted by molar-refractivity contribution is -0.0670. The summed E-state index contributed by atoms with van der Waals surface area (Å²) >= 11 is 0. The van der Waals surface area contributed by atoms with Gasteiger partial charge in [0.1, 0.15) is 42.3 Å². The monoisotopic (exact) mass is 657 g/mol. The Kier molecular flexibility index (Phi) is 7.11. The highest BCUT2D eigenvalue weighted by molar-refractivity contribution is 7.47. The fourth-order valence-corrected chi connectivity index (χ4v) is 7.23. The molecule has 0 radical (unpaired) electrons. The number of fused-ring (bicyclic) bond motifs is 5. The highest BCUT2D eigenvalue weighted by atomic mass is 31.2. The maximum Gasteiger partial charge on any atom is 0.472 e. The Bertz CT molecular complexity index is 1900. The molecule has 236 valence electrons. The SMILES string of the molecule is Nc1nc2c(ncn2[C@@H]2O[C@@H]3COP(=O)(O)OC4C[C@H](n5cnc6c(N)ccnc65)O[C@@H]4COP(=O)(O)O[C@H]2C3O)c(=O)[nH]1. The summed E-state index contributed by atoms with van der Waals surface area (Å²) in [5.74, 6) is -0.260. The highest BCUT2D eigenvalue weighted by Gasteiger charge is 2.52. The third kappa shape index (κ3) is 5.21. The van der Waals surface area contributed by atoms with Crippen molar-refractivity contribution < 1.29 is 51.6 Å². The average molecular weight is 657 g/mol. The summed E-state index contributed by atoms with van der Waals surface area (Å²) in [6.07, 6.45) is -5.47. The molecule has 21 nitrogen and oxygen atoms in total. The number of anilines is 2. The maximum absolute atomic E-state index is 13.2. The predicted molar refractivity (Wildman–Crippen MR) is 144 cm³/mol. The molecule has 0 amide bonds. The number of nitrogen functional groups attached to an aromatic ring is 2. The zero-order valence-electron chi connectivity index (χ0n) is 22.2. The van der Waals surface area contributed by atoms with Gasteiger partial charge < -0.3 is 35.8 Å². The van der Waals surface area contributed by atoms with Crippen molar-refractivity contribution in [2.45, 2.75) is 49.4 Å². The molecule has 3 aliphatic heterocycles. The number of phosphoric ester groups is 2. The van der Waals surface area contributed by atoms with Crippen LogP contribution in [0.5, 0.6) is 0 Å². The van der Waals surface area contributed by atoms with Crippen molar-refractivity contribution in [2.24, 2.45) is 0 Å². The van der Waals surface area contributed by atoms with Gasteiger partial charge in [-0.15, -0.1) is 0 Å². The van der Waals surface area contributed by atoms with Gasteiger partial charge in [-0.3, -0.25) is 37.0 Å². The van der Waals surface area contributed by atoms with Gasteiger partial charge in [-0.1, -0.05) is 0 Å². The largest absolute Gasteiger partial charge is 0.472 e. The molecule has 0 aliphatic carbocycles. The van der Waals surface area contributed by atoms with Crippen molar-refractivity contribution in [2.75, 3.05) is 24.7 Å². The van der Waals surface area contributed by atoms with Crippen molar-refractivity contribution >= 4 is 49.6 Å². The molecule has 3 aliphatic rings. The van der Waals surface area contributed by atoms with E-state index in [-0.39, 0.29) is 23.5 Å². The number of ether oxygens (including phenoxy) is 2. The Labute approximate surface area is 244 Å². The first kappa shape index (κ1) is 29.4. The Morgan fingerprint density at radius 3 is 2.41 bits per heavy atom. The fraction of sp³-hybridized carbons (Fsp3) is 0.476. The number of imidazole rings is 2. The molecule has 4 unspecified atom stereocenters. The number of H-pyrrole nitrogens is 1. The van der Waals surface area contributed by atoms with Gasteiger partial charge in [0.05, 0.1) is 31.6 Å². The van der Waals surface area contributed by atoms with Gasteiger partial charge in [-0.25, -0.2) is 24.1 Å². The van der Waals surface area contributed by atoms with Crippen molar-refractivity contribution in [3.63, 3.8) is 0 Å². The highest BCUT2D eigenvalue weighted by Crippen LogP contribution is 2.53. The first-order valence-electron chi connectivity index (χ1n) is 13.0. The van der Waals surface area contributed by atoms with Crippen LogP contribution in [0, 0.1) is 0 Å². The van der Waals surface area contributed by atoms with Crippen LogP contribution >= 0.6 is 15.6 Å². The van der Waals surface area contributed by atoms with Crippen molar-refractivity contribution in [1.82, 2.24) is 34.1 Å². The Morgan fingerprint density at radius 2 is 1.61 bits per heavy atom. The third-order valence-electron chi connectivity index (χ3n) is 7.35. The van der Waals surface area contributed by atoms with Crippen LogP contribution < -0.4 is 17.0 Å². The molecule has 8 N–H and O–H groups in total. The molecule has 4 aromatic heterocycles. The van der Waals surface area contributed by atoms with E-state index in [1.54, 1.807) is 6.07 Å². The van der Waals surface area contributed by atoms with Crippen LogP contribution in [0.15, 0.2) is 29.7 Å². The van der Waals surface area contributed by atoms with E-state index < -0.39 is 77.4 Å². The number of nitrogens with two attached hydrogens (primary N) is 2. The second kappa shape index (κ2) is 10.6. The number of nitrogens with one attached hydrogen (secondary N) is 1. The number of rotatable bonds is 2. The lowest BCUT2D eigenvalue weighted by Crippen LogP contribution is -2.35. The van der Waals surface area contributed by atoms with Crippen LogP contribution in [0.4, 0.5) is 11.6 Å². The van der Waals surface area contributed by atoms with E-state index in [1.165, 1.54) is 17.1 Å². The number of aromatic amines is 1. The number of hydrogen-bond donors (Lipinski definition) is 6. The van der Waals surface area contributed by atoms with Gasteiger partial charge in [0.25, 0.3) is 5.56 Å². The van der Waals surface area contributed by atoms with Crippen molar-refractivity contribution in [1.29, 1.82) is 0 Å². The summed E-state index contributed by atoms with van der Waals surface area (Å²) < 4.78 is 61.8. The van der Waals surface area contributed by atoms with E-state index in [9.17, 15) is 28.8 Å². The summed E-state index contributed by atoms with van der Waals surface area (Å²) in [5, 5.41) is 11.0. The quantitative estimate of drug-likeness (QED) is 0.145. The van der Waals surface area contributed by atoms with Gasteiger partial charge in [-0.05, 0) is 6.07 Å². The number of hydrogen-bond acceptors (Lipinski definition) is 16. The predicted octanol–water partition coefficient (Wildman–Crippen LogP) is -0.707. The molecule has 7 rings (SSSR count). The van der Waals surface area contributed by atoms with Crippen LogP contribution in [-0.4, -0.2) is 92.7 Å². The zero-order valence-corrected chi connectivity index (χ0v) is 24.0. The zero-order chi connectivity index (χ0) is 31.0. The molecule has 44 heavy (non-hydrogen) atoms. The molecule has 0 saturated carbocycles. The van der Waals surface area contributed by atoms with E-state index in [2.05, 4.69) is 24.9 Å². The van der Waals surface area contributed by atoms with E-state index in [1.807, 2.05) is 0 Å². The van der Waals surface area contributed by atoms with Gasteiger partial charge >= 0.3 is 15.6 Å². The molecule has 7 heterocycles. The topological polar surface area (TPSA) is 297 Å². The summed E-state index contributed by atoms with van der Waals surface area (Å²) in [6, 6.07) is 1.57. The minimum absolute atomic E-state index is 0.0450. The Morgan fingerprint density at radius 1 is 0.909 bits per heavy atom. The van der Waals surface area contributed by atoms with Gasteiger partial charge in [0, 0.05) is 12.6 Å². The number of aromatic nitrogens is 7. The number of aliphatic hydroxyl groups excluding tert-OH is 1. The molecule has 3 fully saturated rings. The summed E-state index contributed by atoms with van der Waals surface area (Å²) in [7, 11) is -9.86. The first-order valence-corrected chi connectivity index (χ1v) is 16.0. The summed E-state index contributed by atoms with van der Waals surface area (Å²) in [4.78, 5) is 52.3. The van der Waals surface area contributed by atoms with E-state index in [4.69, 9.17) is 39.0 Å². The van der Waals surface area contributed by atoms with Gasteiger partial charge in [0.15, 0.2) is 23.0 Å². The number of aliphatic hydroxyl groups is 1. The van der Waals surface area contributed by atoms with E-state index in [0.29, 0.717) is 16.9 Å². The molecule has 2 bridgehead atoms. The van der Waals surface area contributed by atoms with Crippen LogP contribution in [0.3, 0.4) is 0 Å². The van der Waals surface area contributed by atoms with Crippen LogP contribution in [0.2, 0.25) is 0 Å². The smallest absolute Gasteiger partial charge is 0.397 e. The van der Waals surface area contributed by atoms with Crippen LogP contribution in [-0.2, 0) is 36.7 Å². The third-order valence-corrected chi connectivity index (χ3v) is 9.35. The molecule has 0 spiro atoms. The number of pyridine rings is 1. The molecular formula is C21H25N9O12P2. The summed E-state index contributed by atoms with van der Waals surface area (Å²) in [5.41, 5.74) is 11.8. The Balaban J connectivity index is 1.19. The normalized spacial score (nSPS) is 36.6. The first-order chi connectivity index (χ1) is 20.9.